The molecule has 0 fully saturated rings. The Morgan fingerprint density at radius 3 is 2.64 bits per heavy atom. The first kappa shape index (κ1) is 8.39. The van der Waals surface area contributed by atoms with Gasteiger partial charge in [-0.25, -0.2) is 0 Å². The van der Waals surface area contributed by atoms with E-state index in [1.807, 2.05) is 0 Å². The number of alkyl halides is 2. The van der Waals surface area contributed by atoms with Crippen molar-refractivity contribution < 1.29 is 9.31 Å². The smallest absolute Gasteiger partial charge is 0.261 e. The van der Waals surface area contributed by atoms with Gasteiger partial charge in [-0.3, -0.25) is 10.1 Å². The van der Waals surface area contributed by atoms with Crippen LogP contribution < -0.4 is 0 Å². The molecular weight excluding hydrogens is 217 g/mol. The summed E-state index contributed by atoms with van der Waals surface area (Å²) >= 11 is 2.86. The van der Waals surface area contributed by atoms with Gasteiger partial charge >= 0.3 is 5.79 Å². The maximum absolute atomic E-state index is 13.2. The monoisotopic (exact) mass is 221 g/mol. The Morgan fingerprint density at radius 2 is 2.27 bits per heavy atom. The molecule has 0 N–H and O–H groups in total. The van der Waals surface area contributed by atoms with Crippen LogP contribution in [0.3, 0.4) is 0 Å². The van der Waals surface area contributed by atoms with Gasteiger partial charge in [-0.2, -0.15) is 4.39 Å². The standard InChI is InChI=1S/C6H5BrFNO2/c7-5-3-1-2-4-6(5,8)9(10)11/h1-5H. The van der Waals surface area contributed by atoms with E-state index in [2.05, 4.69) is 15.9 Å². The van der Waals surface area contributed by atoms with Crippen molar-refractivity contribution in [3.63, 3.8) is 0 Å². The molecular formula is C6H5BrFNO2. The molecule has 2 atom stereocenters. The van der Waals surface area contributed by atoms with E-state index in [0.717, 1.165) is 6.08 Å². The lowest BCUT2D eigenvalue weighted by molar-refractivity contribution is -0.586. The van der Waals surface area contributed by atoms with Gasteiger partial charge in [0.05, 0.1) is 4.92 Å². The fraction of sp³-hybridized carbons (Fsp3) is 0.333. The molecule has 1 aliphatic carbocycles. The molecule has 60 valence electrons. The Balaban J connectivity index is 2.94. The van der Waals surface area contributed by atoms with Crippen LogP contribution in [-0.2, 0) is 0 Å². The minimum absolute atomic E-state index is 0.880. The molecule has 0 aliphatic heterocycles. The van der Waals surface area contributed by atoms with Crippen molar-refractivity contribution in [1.82, 2.24) is 0 Å². The van der Waals surface area contributed by atoms with Gasteiger partial charge < -0.3 is 0 Å². The maximum Gasteiger partial charge on any atom is 0.393 e. The Hall–Kier alpha value is -0.710. The first-order valence-corrected chi connectivity index (χ1v) is 3.82. The first-order valence-electron chi connectivity index (χ1n) is 2.91. The van der Waals surface area contributed by atoms with E-state index in [9.17, 15) is 14.5 Å². The molecule has 0 aromatic heterocycles. The number of allylic oxidation sites excluding steroid dienone is 2. The van der Waals surface area contributed by atoms with E-state index in [1.165, 1.54) is 12.2 Å². The van der Waals surface area contributed by atoms with Gasteiger partial charge in [0, 0.05) is 6.08 Å². The van der Waals surface area contributed by atoms with Gasteiger partial charge in [0.15, 0.2) is 0 Å². The molecule has 0 saturated carbocycles. The predicted octanol–water partition coefficient (Wildman–Crippen LogP) is 1.82. The summed E-state index contributed by atoms with van der Waals surface area (Å²) in [6, 6.07) is 0. The molecule has 0 radical (unpaired) electrons. The SMILES string of the molecule is O=[N+]([O-])C1(F)C=CC=CC1Br. The molecule has 1 aliphatic rings. The summed E-state index contributed by atoms with van der Waals surface area (Å²) in [5.41, 5.74) is 0. The highest BCUT2D eigenvalue weighted by Gasteiger charge is 2.47. The van der Waals surface area contributed by atoms with Gasteiger partial charge in [0.25, 0.3) is 0 Å². The second-order valence-electron chi connectivity index (χ2n) is 2.13. The zero-order valence-corrected chi connectivity index (χ0v) is 6.99. The lowest BCUT2D eigenvalue weighted by Gasteiger charge is -2.17. The third kappa shape index (κ3) is 1.33. The first-order chi connectivity index (χ1) is 5.07. The Bertz CT molecular complexity index is 241. The summed E-state index contributed by atoms with van der Waals surface area (Å²) < 4.78 is 13.2. The molecule has 0 heterocycles. The van der Waals surface area contributed by atoms with Crippen LogP contribution in [0.4, 0.5) is 4.39 Å². The number of hydrogen-bond acceptors (Lipinski definition) is 2. The van der Waals surface area contributed by atoms with Crippen LogP contribution >= 0.6 is 15.9 Å². The second kappa shape index (κ2) is 2.73. The van der Waals surface area contributed by atoms with Crippen LogP contribution in [0, 0.1) is 10.1 Å². The van der Waals surface area contributed by atoms with Crippen molar-refractivity contribution in [3.05, 3.63) is 34.4 Å². The lowest BCUT2D eigenvalue weighted by Crippen LogP contribution is -2.40. The maximum atomic E-state index is 13.2. The molecule has 11 heavy (non-hydrogen) atoms. The van der Waals surface area contributed by atoms with Crippen molar-refractivity contribution >= 4 is 15.9 Å². The van der Waals surface area contributed by atoms with Crippen molar-refractivity contribution in [2.24, 2.45) is 0 Å². The van der Waals surface area contributed by atoms with Crippen molar-refractivity contribution in [3.8, 4) is 0 Å². The normalized spacial score (nSPS) is 35.6. The fourth-order valence-electron chi connectivity index (χ4n) is 0.741. The van der Waals surface area contributed by atoms with Crippen molar-refractivity contribution in [2.75, 3.05) is 0 Å². The largest absolute Gasteiger partial charge is 0.393 e. The van der Waals surface area contributed by atoms with Gasteiger partial charge in [0.1, 0.15) is 4.83 Å². The topological polar surface area (TPSA) is 43.1 Å². The average molecular weight is 222 g/mol. The lowest BCUT2D eigenvalue weighted by atomic mass is 10.1. The molecule has 0 bridgehead atoms. The van der Waals surface area contributed by atoms with Gasteiger partial charge in [-0.1, -0.05) is 34.2 Å². The minimum atomic E-state index is -2.49. The number of rotatable bonds is 1. The summed E-state index contributed by atoms with van der Waals surface area (Å²) in [7, 11) is 0. The molecule has 3 nitrogen and oxygen atoms in total. The summed E-state index contributed by atoms with van der Waals surface area (Å²) in [6.07, 6.45) is 5.19. The molecule has 5 heteroatoms. The predicted molar refractivity (Wildman–Crippen MR) is 41.8 cm³/mol. The highest BCUT2D eigenvalue weighted by molar-refractivity contribution is 9.09. The summed E-state index contributed by atoms with van der Waals surface area (Å²) in [5, 5.41) is 10.2. The van der Waals surface area contributed by atoms with E-state index >= 15 is 0 Å². The van der Waals surface area contributed by atoms with Crippen molar-refractivity contribution in [2.45, 2.75) is 10.6 Å². The Labute approximate surface area is 70.9 Å². The second-order valence-corrected chi connectivity index (χ2v) is 3.12. The van der Waals surface area contributed by atoms with Crippen LogP contribution in [0.2, 0.25) is 0 Å². The van der Waals surface area contributed by atoms with E-state index in [-0.39, 0.29) is 0 Å². The molecule has 0 amide bonds. The molecule has 1 rings (SSSR count). The highest BCUT2D eigenvalue weighted by atomic mass is 79.9. The average Bonchev–Trinajstić information content (AvgIpc) is 1.95. The summed E-state index contributed by atoms with van der Waals surface area (Å²) in [5.74, 6) is -2.49. The third-order valence-corrected chi connectivity index (χ3v) is 2.34. The Morgan fingerprint density at radius 1 is 1.64 bits per heavy atom. The van der Waals surface area contributed by atoms with Gasteiger partial charge in [0.2, 0.25) is 0 Å². The molecule has 0 saturated heterocycles. The van der Waals surface area contributed by atoms with Crippen LogP contribution in [0.5, 0.6) is 0 Å². The van der Waals surface area contributed by atoms with Crippen LogP contribution in [0.25, 0.3) is 0 Å². The number of nitrogens with zero attached hydrogens (tertiary/aromatic N) is 1. The van der Waals surface area contributed by atoms with Gasteiger partial charge in [-0.15, -0.1) is 0 Å². The van der Waals surface area contributed by atoms with E-state index in [1.54, 1.807) is 6.08 Å². The summed E-state index contributed by atoms with van der Waals surface area (Å²) in [6.45, 7) is 0. The number of nitro groups is 1. The fourth-order valence-corrected chi connectivity index (χ4v) is 1.24. The van der Waals surface area contributed by atoms with Crippen LogP contribution in [0.15, 0.2) is 24.3 Å². The molecule has 0 aromatic rings. The number of hydrogen-bond donors (Lipinski definition) is 0. The van der Waals surface area contributed by atoms with E-state index < -0.39 is 15.5 Å². The molecule has 2 unspecified atom stereocenters. The van der Waals surface area contributed by atoms with E-state index in [4.69, 9.17) is 0 Å². The van der Waals surface area contributed by atoms with Crippen molar-refractivity contribution in [1.29, 1.82) is 0 Å². The Kier molecular flexibility index (Phi) is 2.08. The van der Waals surface area contributed by atoms with E-state index in [0.29, 0.717) is 0 Å². The van der Waals surface area contributed by atoms with Crippen LogP contribution in [0.1, 0.15) is 0 Å². The highest BCUT2D eigenvalue weighted by Crippen LogP contribution is 2.28. The quantitative estimate of drug-likeness (QED) is 0.294. The minimum Gasteiger partial charge on any atom is -0.261 e. The zero-order chi connectivity index (χ0) is 8.48. The molecule has 0 spiro atoms. The molecule has 0 aromatic carbocycles. The van der Waals surface area contributed by atoms with Crippen LogP contribution in [-0.4, -0.2) is 15.5 Å². The number of halogens is 2. The van der Waals surface area contributed by atoms with Gasteiger partial charge in [-0.05, 0) is 0 Å². The summed E-state index contributed by atoms with van der Waals surface area (Å²) in [4.78, 5) is 8.37. The zero-order valence-electron chi connectivity index (χ0n) is 5.41. The third-order valence-electron chi connectivity index (χ3n) is 1.39.